The second-order valence-electron chi connectivity index (χ2n) is 6.38. The summed E-state index contributed by atoms with van der Waals surface area (Å²) in [4.78, 5) is 0. The third-order valence-corrected chi connectivity index (χ3v) is 10.0. The van der Waals surface area contributed by atoms with Crippen molar-refractivity contribution in [2.75, 3.05) is 0 Å². The normalized spacial score (nSPS) is 13.6. The van der Waals surface area contributed by atoms with Gasteiger partial charge in [-0.3, -0.25) is 0 Å². The van der Waals surface area contributed by atoms with Crippen LogP contribution in [0.2, 0.25) is 8.35 Å². The Kier molecular flexibility index (Phi) is 7.51. The Morgan fingerprint density at radius 2 is 1.09 bits per heavy atom. The third kappa shape index (κ3) is 5.79. The number of hydrogen-bond donors (Lipinski definition) is 0. The molecule has 0 radical (unpaired) electrons. The van der Waals surface area contributed by atoms with Crippen LogP contribution in [0.5, 0.6) is 0 Å². The van der Waals surface area contributed by atoms with E-state index >= 15 is 0 Å². The first-order chi connectivity index (χ1) is 10.7. The molecule has 0 aromatic heterocycles. The fourth-order valence-corrected chi connectivity index (χ4v) is 8.65. The molecule has 0 aliphatic heterocycles. The van der Waals surface area contributed by atoms with Crippen molar-refractivity contribution in [3.05, 3.63) is 71.8 Å². The molecule has 0 fully saturated rings. The summed E-state index contributed by atoms with van der Waals surface area (Å²) in [6.07, 6.45) is 2.03. The Balaban J connectivity index is 1.71. The predicted molar refractivity (Wildman–Crippen MR) is 95.4 cm³/mol. The molecule has 2 heteroatoms. The van der Waals surface area contributed by atoms with Crippen LogP contribution in [0.4, 0.5) is 2.66 Å². The number of rotatable bonds is 8. The van der Waals surface area contributed by atoms with Gasteiger partial charge in [0.2, 0.25) is 0 Å². The maximum absolute atomic E-state index is 14.4. The minimum atomic E-state index is -2.77. The summed E-state index contributed by atoms with van der Waals surface area (Å²) in [6.45, 7) is 4.45. The molecule has 0 N–H and O–H groups in total. The van der Waals surface area contributed by atoms with Gasteiger partial charge >= 0.3 is 143 Å². The second-order valence-corrected chi connectivity index (χ2v) is 13.1. The van der Waals surface area contributed by atoms with Crippen LogP contribution in [0.1, 0.15) is 49.7 Å². The molecule has 0 nitrogen and oxygen atoms in total. The van der Waals surface area contributed by atoms with Gasteiger partial charge in [-0.25, -0.2) is 0 Å². The molecular formula is C20H26FIn. The summed E-state index contributed by atoms with van der Waals surface area (Å²) in [5.74, 6) is 0.977. The van der Waals surface area contributed by atoms with E-state index < -0.39 is 22.0 Å². The molecule has 2 unspecified atom stereocenters. The number of benzene rings is 2. The van der Waals surface area contributed by atoms with Crippen LogP contribution in [-0.2, 0) is 0 Å². The quantitative estimate of drug-likeness (QED) is 0.486. The first kappa shape index (κ1) is 17.6. The van der Waals surface area contributed by atoms with E-state index in [9.17, 15) is 2.66 Å². The third-order valence-electron chi connectivity index (χ3n) is 4.56. The molecule has 2 atom stereocenters. The molecule has 22 heavy (non-hydrogen) atoms. The first-order valence-corrected chi connectivity index (χ1v) is 14.3. The molecule has 0 heterocycles. The van der Waals surface area contributed by atoms with Crippen LogP contribution in [0.15, 0.2) is 60.7 Å². The molecule has 0 spiro atoms. The van der Waals surface area contributed by atoms with Crippen LogP contribution in [0.25, 0.3) is 0 Å². The van der Waals surface area contributed by atoms with Gasteiger partial charge < -0.3 is 0 Å². The van der Waals surface area contributed by atoms with E-state index in [1.165, 1.54) is 11.1 Å². The maximum atomic E-state index is 14.4. The molecule has 116 valence electrons. The van der Waals surface area contributed by atoms with Crippen molar-refractivity contribution < 1.29 is 2.66 Å². The van der Waals surface area contributed by atoms with E-state index in [0.29, 0.717) is 11.8 Å². The van der Waals surface area contributed by atoms with E-state index in [0.717, 1.165) is 21.2 Å². The molecule has 0 saturated heterocycles. The van der Waals surface area contributed by atoms with Gasteiger partial charge in [0.15, 0.2) is 0 Å². The fraction of sp³-hybridized carbons (Fsp3) is 0.400. The molecule has 2 aromatic carbocycles. The zero-order valence-corrected chi connectivity index (χ0v) is 17.0. The molecule has 0 bridgehead atoms. The summed E-state index contributed by atoms with van der Waals surface area (Å²) in [5.41, 5.74) is 2.69. The average Bonchev–Trinajstić information content (AvgIpc) is 2.59. The second kappa shape index (κ2) is 9.39. The number of hydrogen-bond acceptors (Lipinski definition) is 0. The summed E-state index contributed by atoms with van der Waals surface area (Å²) >= 11 is -2.77. The van der Waals surface area contributed by atoms with Gasteiger partial charge in [-0.15, -0.1) is 0 Å². The van der Waals surface area contributed by atoms with Crippen molar-refractivity contribution in [1.29, 1.82) is 0 Å². The molecule has 2 aromatic rings. The Labute approximate surface area is 143 Å². The van der Waals surface area contributed by atoms with Gasteiger partial charge in [-0.1, -0.05) is 0 Å². The standard InChI is InChI=1S/2C10H13.FH.In/c2*1-3-9(2)10-7-5-4-6-8-10;;/h2*4-9H,1,3H2,2H3;1H;/q;;;+1/p-1. The summed E-state index contributed by atoms with van der Waals surface area (Å²) in [6, 6.07) is 21.0. The molecule has 0 saturated carbocycles. The van der Waals surface area contributed by atoms with Crippen molar-refractivity contribution >= 4 is 22.0 Å². The first-order valence-electron chi connectivity index (χ1n) is 8.40. The van der Waals surface area contributed by atoms with E-state index in [-0.39, 0.29) is 0 Å². The zero-order valence-electron chi connectivity index (χ0n) is 13.7. The predicted octanol–water partition coefficient (Wildman–Crippen LogP) is 6.34. The van der Waals surface area contributed by atoms with Gasteiger partial charge in [-0.05, 0) is 0 Å². The van der Waals surface area contributed by atoms with Crippen LogP contribution in [0, 0.1) is 0 Å². The Bertz CT molecular complexity index is 476. The summed E-state index contributed by atoms with van der Waals surface area (Å²) in [5, 5.41) is 0. The van der Waals surface area contributed by atoms with Gasteiger partial charge in [-0.2, -0.15) is 0 Å². The van der Waals surface area contributed by atoms with Gasteiger partial charge in [0.1, 0.15) is 0 Å². The van der Waals surface area contributed by atoms with Crippen molar-refractivity contribution in [2.45, 2.75) is 46.9 Å². The van der Waals surface area contributed by atoms with Crippen LogP contribution < -0.4 is 0 Å². The SMILES string of the molecule is CC(C[CH2][In]([F])[CH2]CC(C)c1ccccc1)c1ccccc1. The fourth-order valence-electron chi connectivity index (χ4n) is 2.90. The van der Waals surface area contributed by atoms with E-state index in [2.05, 4.69) is 62.4 Å². The van der Waals surface area contributed by atoms with E-state index in [1.54, 1.807) is 0 Å². The molecule has 0 aliphatic carbocycles. The topological polar surface area (TPSA) is 0 Å². The molecule has 0 aliphatic rings. The Hall–Kier alpha value is -0.760. The van der Waals surface area contributed by atoms with E-state index in [1.807, 2.05) is 12.1 Å². The van der Waals surface area contributed by atoms with Crippen molar-refractivity contribution in [2.24, 2.45) is 0 Å². The Morgan fingerprint density at radius 3 is 1.45 bits per heavy atom. The zero-order chi connectivity index (χ0) is 15.8. The monoisotopic (exact) mass is 400 g/mol. The van der Waals surface area contributed by atoms with Crippen molar-refractivity contribution in [3.63, 3.8) is 0 Å². The number of halogens is 1. The molecular weight excluding hydrogens is 374 g/mol. The average molecular weight is 400 g/mol. The Morgan fingerprint density at radius 1 is 0.727 bits per heavy atom. The van der Waals surface area contributed by atoms with Gasteiger partial charge in [0.05, 0.1) is 0 Å². The van der Waals surface area contributed by atoms with E-state index in [4.69, 9.17) is 0 Å². The van der Waals surface area contributed by atoms with Crippen LogP contribution in [0.3, 0.4) is 0 Å². The van der Waals surface area contributed by atoms with Gasteiger partial charge in [0.25, 0.3) is 0 Å². The summed E-state index contributed by atoms with van der Waals surface area (Å²) < 4.78 is 16.1. The molecule has 0 amide bonds. The van der Waals surface area contributed by atoms with Crippen LogP contribution >= 0.6 is 0 Å². The molecule has 2 rings (SSSR count). The summed E-state index contributed by atoms with van der Waals surface area (Å²) in [7, 11) is 0. The van der Waals surface area contributed by atoms with Gasteiger partial charge in [0, 0.05) is 0 Å². The van der Waals surface area contributed by atoms with Crippen LogP contribution in [-0.4, -0.2) is 22.0 Å². The minimum absolute atomic E-state index is 0.489. The van der Waals surface area contributed by atoms with Crippen molar-refractivity contribution in [1.82, 2.24) is 0 Å². The van der Waals surface area contributed by atoms with Crippen molar-refractivity contribution in [3.8, 4) is 0 Å².